The first kappa shape index (κ1) is 16.3. The van der Waals surface area contributed by atoms with E-state index in [0.717, 1.165) is 37.6 Å². The van der Waals surface area contributed by atoms with Crippen molar-refractivity contribution in [2.45, 2.75) is 32.9 Å². The summed E-state index contributed by atoms with van der Waals surface area (Å²) in [5.41, 5.74) is 6.73. The Labute approximate surface area is 128 Å². The number of piperazine rings is 1. The van der Waals surface area contributed by atoms with Crippen LogP contribution in [0.15, 0.2) is 24.3 Å². The van der Waals surface area contributed by atoms with Crippen molar-refractivity contribution in [1.82, 2.24) is 9.80 Å². The third-order valence-corrected chi connectivity index (χ3v) is 4.46. The highest BCUT2D eigenvalue weighted by Gasteiger charge is 2.19. The Hall–Kier alpha value is -1.10. The average Bonchev–Trinajstić information content (AvgIpc) is 2.55. The number of nitrogens with zero attached hydrogens (tertiary/aromatic N) is 2. The number of benzene rings is 1. The first-order valence-electron chi connectivity index (χ1n) is 8.11. The van der Waals surface area contributed by atoms with Crippen LogP contribution in [0.1, 0.15) is 25.8 Å². The number of ether oxygens (including phenoxy) is 1. The fourth-order valence-corrected chi connectivity index (χ4v) is 2.70. The third-order valence-electron chi connectivity index (χ3n) is 4.46. The number of rotatable bonds is 7. The largest absolute Gasteiger partial charge is 0.492 e. The first-order chi connectivity index (χ1) is 10.2. The summed E-state index contributed by atoms with van der Waals surface area (Å²) in [6.45, 7) is 11.6. The second-order valence-corrected chi connectivity index (χ2v) is 5.83. The molecular weight excluding hydrogens is 262 g/mol. The summed E-state index contributed by atoms with van der Waals surface area (Å²) in [5.74, 6) is 0.936. The highest BCUT2D eigenvalue weighted by molar-refractivity contribution is 5.27. The highest BCUT2D eigenvalue weighted by atomic mass is 16.5. The molecule has 2 N–H and O–H groups in total. The standard InChI is InChI=1S/C17H29N3O/c1-3-15(2)20-10-8-19(9-11-20)12-13-21-17-6-4-16(14-18)5-7-17/h4-7,15H,3,8-14,18H2,1-2H3. The number of hydrogen-bond acceptors (Lipinski definition) is 4. The molecule has 1 unspecified atom stereocenters. The lowest BCUT2D eigenvalue weighted by molar-refractivity contribution is 0.0905. The molecule has 4 nitrogen and oxygen atoms in total. The molecule has 0 aromatic heterocycles. The Morgan fingerprint density at radius 3 is 2.38 bits per heavy atom. The molecule has 0 aliphatic carbocycles. The molecule has 0 amide bonds. The lowest BCUT2D eigenvalue weighted by Gasteiger charge is -2.37. The monoisotopic (exact) mass is 291 g/mol. The quantitative estimate of drug-likeness (QED) is 0.833. The molecule has 1 heterocycles. The molecule has 1 aliphatic rings. The van der Waals surface area contributed by atoms with Gasteiger partial charge in [-0.25, -0.2) is 0 Å². The minimum absolute atomic E-state index is 0.584. The summed E-state index contributed by atoms with van der Waals surface area (Å²) in [7, 11) is 0. The average molecular weight is 291 g/mol. The lowest BCUT2D eigenvalue weighted by atomic mass is 10.2. The molecular formula is C17H29N3O. The van der Waals surface area contributed by atoms with Gasteiger partial charge in [-0.05, 0) is 31.0 Å². The molecule has 1 aromatic rings. The molecule has 4 heteroatoms. The van der Waals surface area contributed by atoms with Gasteiger partial charge in [-0.3, -0.25) is 9.80 Å². The predicted molar refractivity (Wildman–Crippen MR) is 87.6 cm³/mol. The van der Waals surface area contributed by atoms with Crippen molar-refractivity contribution in [2.24, 2.45) is 5.73 Å². The Balaban J connectivity index is 1.65. The lowest BCUT2D eigenvalue weighted by Crippen LogP contribution is -2.50. The fraction of sp³-hybridized carbons (Fsp3) is 0.647. The normalized spacial score (nSPS) is 18.6. The van der Waals surface area contributed by atoms with Crippen LogP contribution < -0.4 is 10.5 Å². The molecule has 0 saturated carbocycles. The summed E-state index contributed by atoms with van der Waals surface area (Å²) in [6.07, 6.45) is 1.24. The van der Waals surface area contributed by atoms with Gasteiger partial charge in [0.1, 0.15) is 12.4 Å². The van der Waals surface area contributed by atoms with E-state index in [1.807, 2.05) is 24.3 Å². The summed E-state index contributed by atoms with van der Waals surface area (Å²) in [6, 6.07) is 8.77. The summed E-state index contributed by atoms with van der Waals surface area (Å²) in [5, 5.41) is 0. The van der Waals surface area contributed by atoms with Gasteiger partial charge in [0, 0.05) is 45.3 Å². The van der Waals surface area contributed by atoms with Crippen LogP contribution in [0.5, 0.6) is 5.75 Å². The van der Waals surface area contributed by atoms with Gasteiger partial charge in [0.25, 0.3) is 0 Å². The van der Waals surface area contributed by atoms with Gasteiger partial charge >= 0.3 is 0 Å². The van der Waals surface area contributed by atoms with Crippen LogP contribution in [0.2, 0.25) is 0 Å². The summed E-state index contributed by atoms with van der Waals surface area (Å²) < 4.78 is 5.81. The zero-order valence-corrected chi connectivity index (χ0v) is 13.4. The molecule has 0 bridgehead atoms. The SMILES string of the molecule is CCC(C)N1CCN(CCOc2ccc(CN)cc2)CC1. The van der Waals surface area contributed by atoms with Gasteiger partial charge in [0.2, 0.25) is 0 Å². The third kappa shape index (κ3) is 4.99. The second-order valence-electron chi connectivity index (χ2n) is 5.83. The molecule has 1 aliphatic heterocycles. The minimum atomic E-state index is 0.584. The van der Waals surface area contributed by atoms with Gasteiger partial charge in [0.15, 0.2) is 0 Å². The van der Waals surface area contributed by atoms with Crippen LogP contribution in [0, 0.1) is 0 Å². The fourth-order valence-electron chi connectivity index (χ4n) is 2.70. The molecule has 1 atom stereocenters. The molecule has 2 rings (SSSR count). The molecule has 0 radical (unpaired) electrons. The topological polar surface area (TPSA) is 41.7 Å². The molecule has 0 spiro atoms. The van der Waals surface area contributed by atoms with Gasteiger partial charge in [-0.15, -0.1) is 0 Å². The van der Waals surface area contributed by atoms with E-state index in [1.54, 1.807) is 0 Å². The molecule has 21 heavy (non-hydrogen) atoms. The van der Waals surface area contributed by atoms with E-state index in [9.17, 15) is 0 Å². The van der Waals surface area contributed by atoms with E-state index < -0.39 is 0 Å². The smallest absolute Gasteiger partial charge is 0.119 e. The molecule has 1 saturated heterocycles. The molecule has 118 valence electrons. The van der Waals surface area contributed by atoms with E-state index in [2.05, 4.69) is 23.6 Å². The van der Waals surface area contributed by atoms with Crippen molar-refractivity contribution in [3.05, 3.63) is 29.8 Å². The van der Waals surface area contributed by atoms with Crippen molar-refractivity contribution in [2.75, 3.05) is 39.3 Å². The van der Waals surface area contributed by atoms with Gasteiger partial charge in [0.05, 0.1) is 0 Å². The second kappa shape index (κ2) is 8.37. The zero-order chi connectivity index (χ0) is 15.1. The maximum absolute atomic E-state index is 5.81. The number of hydrogen-bond donors (Lipinski definition) is 1. The van der Waals surface area contributed by atoms with E-state index in [-0.39, 0.29) is 0 Å². The van der Waals surface area contributed by atoms with Crippen LogP contribution in [0.4, 0.5) is 0 Å². The van der Waals surface area contributed by atoms with Gasteiger partial charge in [-0.2, -0.15) is 0 Å². The maximum atomic E-state index is 5.81. The minimum Gasteiger partial charge on any atom is -0.492 e. The Kier molecular flexibility index (Phi) is 6.49. The van der Waals surface area contributed by atoms with Crippen molar-refractivity contribution in [3.63, 3.8) is 0 Å². The van der Waals surface area contributed by atoms with Crippen molar-refractivity contribution < 1.29 is 4.74 Å². The van der Waals surface area contributed by atoms with E-state index in [4.69, 9.17) is 10.5 Å². The Bertz CT molecular complexity index is 399. The van der Waals surface area contributed by atoms with Crippen molar-refractivity contribution in [1.29, 1.82) is 0 Å². The van der Waals surface area contributed by atoms with Crippen LogP contribution >= 0.6 is 0 Å². The van der Waals surface area contributed by atoms with Crippen LogP contribution in [0.25, 0.3) is 0 Å². The van der Waals surface area contributed by atoms with E-state index in [0.29, 0.717) is 12.6 Å². The zero-order valence-electron chi connectivity index (χ0n) is 13.4. The Morgan fingerprint density at radius 2 is 1.81 bits per heavy atom. The summed E-state index contributed by atoms with van der Waals surface area (Å²) in [4.78, 5) is 5.08. The highest BCUT2D eigenvalue weighted by Crippen LogP contribution is 2.12. The first-order valence-corrected chi connectivity index (χ1v) is 8.11. The van der Waals surface area contributed by atoms with Crippen molar-refractivity contribution in [3.8, 4) is 5.75 Å². The van der Waals surface area contributed by atoms with Gasteiger partial charge in [-0.1, -0.05) is 19.1 Å². The number of nitrogens with two attached hydrogens (primary N) is 1. The van der Waals surface area contributed by atoms with Crippen LogP contribution in [-0.4, -0.2) is 55.2 Å². The van der Waals surface area contributed by atoms with Crippen molar-refractivity contribution >= 4 is 0 Å². The summed E-state index contributed by atoms with van der Waals surface area (Å²) >= 11 is 0. The molecule has 1 aromatic carbocycles. The van der Waals surface area contributed by atoms with Crippen LogP contribution in [-0.2, 0) is 6.54 Å². The van der Waals surface area contributed by atoms with Gasteiger partial charge < -0.3 is 10.5 Å². The van der Waals surface area contributed by atoms with E-state index in [1.165, 1.54) is 19.5 Å². The maximum Gasteiger partial charge on any atom is 0.119 e. The Morgan fingerprint density at radius 1 is 1.14 bits per heavy atom. The van der Waals surface area contributed by atoms with Crippen LogP contribution in [0.3, 0.4) is 0 Å². The predicted octanol–water partition coefficient (Wildman–Crippen LogP) is 1.94. The molecule has 1 fully saturated rings. The van der Waals surface area contributed by atoms with E-state index >= 15 is 0 Å².